The Kier molecular flexibility index (Phi) is 5.01. The fraction of sp³-hybridized carbons (Fsp3) is 0.133. The molecule has 0 saturated carbocycles. The molecule has 1 N–H and O–H groups in total. The number of urea groups is 1. The molecule has 0 radical (unpaired) electrons. The average molecular weight is 290 g/mol. The Balaban J connectivity index is 1.82. The van der Waals surface area contributed by atoms with Crippen LogP contribution in [0.5, 0.6) is 0 Å². The van der Waals surface area contributed by atoms with E-state index < -0.39 is 0 Å². The summed E-state index contributed by atoms with van der Waals surface area (Å²) in [6.07, 6.45) is 0.641. The SMILES string of the molecule is O=C(NCCc1ccc(F)cc1)N(S)c1ccccc1. The summed E-state index contributed by atoms with van der Waals surface area (Å²) in [5.41, 5.74) is 1.67. The van der Waals surface area contributed by atoms with Gasteiger partial charge in [0.25, 0.3) is 0 Å². The molecule has 0 saturated heterocycles. The number of para-hydroxylation sites is 1. The topological polar surface area (TPSA) is 32.3 Å². The van der Waals surface area contributed by atoms with Crippen LogP contribution in [0.2, 0.25) is 0 Å². The smallest absolute Gasteiger partial charge is 0.331 e. The number of anilines is 1. The Hall–Kier alpha value is -2.01. The van der Waals surface area contributed by atoms with Crippen molar-refractivity contribution < 1.29 is 9.18 Å². The highest BCUT2D eigenvalue weighted by Crippen LogP contribution is 2.14. The van der Waals surface area contributed by atoms with Gasteiger partial charge in [-0.05, 0) is 36.2 Å². The highest BCUT2D eigenvalue weighted by atomic mass is 32.1. The fourth-order valence-corrected chi connectivity index (χ4v) is 1.93. The number of thiol groups is 1. The lowest BCUT2D eigenvalue weighted by Gasteiger charge is -2.16. The Bertz CT molecular complexity index is 560. The molecule has 0 aromatic heterocycles. The van der Waals surface area contributed by atoms with Gasteiger partial charge in [-0.3, -0.25) is 0 Å². The molecule has 0 spiro atoms. The van der Waals surface area contributed by atoms with Gasteiger partial charge >= 0.3 is 6.03 Å². The van der Waals surface area contributed by atoms with E-state index in [9.17, 15) is 9.18 Å². The molecule has 0 fully saturated rings. The molecule has 2 amide bonds. The first kappa shape index (κ1) is 14.4. The van der Waals surface area contributed by atoms with Crippen molar-refractivity contribution in [3.8, 4) is 0 Å². The summed E-state index contributed by atoms with van der Waals surface area (Å²) >= 11 is 4.16. The minimum atomic E-state index is -0.290. The molecular formula is C15H15FN2OS. The largest absolute Gasteiger partial charge is 0.337 e. The maximum atomic E-state index is 12.7. The minimum absolute atomic E-state index is 0.261. The molecule has 20 heavy (non-hydrogen) atoms. The Morgan fingerprint density at radius 1 is 1.10 bits per heavy atom. The van der Waals surface area contributed by atoms with E-state index in [-0.39, 0.29) is 11.8 Å². The predicted molar refractivity (Wildman–Crippen MR) is 81.4 cm³/mol. The molecule has 0 bridgehead atoms. The second-order valence-corrected chi connectivity index (χ2v) is 4.66. The number of carbonyl (C=O) groups is 1. The fourth-order valence-electron chi connectivity index (χ4n) is 1.73. The van der Waals surface area contributed by atoms with Crippen molar-refractivity contribution in [1.29, 1.82) is 0 Å². The van der Waals surface area contributed by atoms with Gasteiger partial charge in [0.2, 0.25) is 0 Å². The lowest BCUT2D eigenvalue weighted by molar-refractivity contribution is 0.250. The quantitative estimate of drug-likeness (QED) is 0.831. The third-order valence-electron chi connectivity index (χ3n) is 2.80. The monoisotopic (exact) mass is 290 g/mol. The summed E-state index contributed by atoms with van der Waals surface area (Å²) in [6.45, 7) is 0.467. The molecule has 0 aliphatic carbocycles. The number of hydrogen-bond acceptors (Lipinski definition) is 2. The van der Waals surface area contributed by atoms with E-state index >= 15 is 0 Å². The number of hydrogen-bond donors (Lipinski definition) is 2. The summed E-state index contributed by atoms with van der Waals surface area (Å²) in [5.74, 6) is -0.261. The van der Waals surface area contributed by atoms with Gasteiger partial charge < -0.3 is 5.32 Å². The summed E-state index contributed by atoms with van der Waals surface area (Å²) in [5, 5.41) is 2.76. The Morgan fingerprint density at radius 2 is 1.75 bits per heavy atom. The lowest BCUT2D eigenvalue weighted by atomic mass is 10.1. The molecule has 0 aliphatic rings. The van der Waals surface area contributed by atoms with Gasteiger partial charge in [-0.15, -0.1) is 0 Å². The zero-order chi connectivity index (χ0) is 14.4. The van der Waals surface area contributed by atoms with Crippen molar-refractivity contribution >= 4 is 24.5 Å². The van der Waals surface area contributed by atoms with E-state index in [2.05, 4.69) is 18.1 Å². The van der Waals surface area contributed by atoms with Crippen LogP contribution in [0.3, 0.4) is 0 Å². The third-order valence-corrected chi connectivity index (χ3v) is 3.21. The van der Waals surface area contributed by atoms with Crippen molar-refractivity contribution in [2.75, 3.05) is 10.8 Å². The number of nitrogens with one attached hydrogen (secondary N) is 1. The second kappa shape index (κ2) is 6.96. The van der Waals surface area contributed by atoms with Gasteiger partial charge in [0, 0.05) is 6.54 Å². The van der Waals surface area contributed by atoms with Gasteiger partial charge in [0.15, 0.2) is 0 Å². The van der Waals surface area contributed by atoms with Gasteiger partial charge in [-0.1, -0.05) is 43.1 Å². The van der Waals surface area contributed by atoms with Crippen molar-refractivity contribution in [3.05, 3.63) is 66.0 Å². The molecular weight excluding hydrogens is 275 g/mol. The molecule has 3 nitrogen and oxygen atoms in total. The van der Waals surface area contributed by atoms with Gasteiger partial charge in [-0.25, -0.2) is 13.5 Å². The van der Waals surface area contributed by atoms with Crippen LogP contribution in [0.1, 0.15) is 5.56 Å². The van der Waals surface area contributed by atoms with Crippen molar-refractivity contribution in [2.45, 2.75) is 6.42 Å². The number of nitrogens with zero attached hydrogens (tertiary/aromatic N) is 1. The summed E-state index contributed by atoms with van der Waals surface area (Å²) in [6, 6.07) is 15.1. The van der Waals surface area contributed by atoms with E-state index in [1.54, 1.807) is 24.3 Å². The van der Waals surface area contributed by atoms with Gasteiger partial charge in [0.1, 0.15) is 5.82 Å². The van der Waals surface area contributed by atoms with E-state index in [0.29, 0.717) is 18.7 Å². The van der Waals surface area contributed by atoms with Crippen molar-refractivity contribution in [3.63, 3.8) is 0 Å². The molecule has 2 aromatic carbocycles. The normalized spacial score (nSPS) is 10.1. The number of amides is 2. The maximum Gasteiger partial charge on any atom is 0.331 e. The lowest BCUT2D eigenvalue weighted by Crippen LogP contribution is -2.35. The second-order valence-electron chi connectivity index (χ2n) is 4.26. The van der Waals surface area contributed by atoms with E-state index in [4.69, 9.17) is 0 Å². The summed E-state index contributed by atoms with van der Waals surface area (Å²) in [7, 11) is 0. The first-order valence-electron chi connectivity index (χ1n) is 6.23. The van der Waals surface area contributed by atoms with E-state index in [1.807, 2.05) is 18.2 Å². The van der Waals surface area contributed by atoms with Gasteiger partial charge in [0.05, 0.1) is 5.69 Å². The summed E-state index contributed by atoms with van der Waals surface area (Å²) in [4.78, 5) is 11.9. The van der Waals surface area contributed by atoms with E-state index in [1.165, 1.54) is 16.4 Å². The Morgan fingerprint density at radius 3 is 2.40 bits per heavy atom. The standard InChI is InChI=1S/C15H15FN2OS/c16-13-8-6-12(7-9-13)10-11-17-15(19)18(20)14-4-2-1-3-5-14/h1-9,20H,10-11H2,(H,17,19). The zero-order valence-corrected chi connectivity index (χ0v) is 11.7. The van der Waals surface area contributed by atoms with Crippen LogP contribution >= 0.6 is 12.8 Å². The predicted octanol–water partition coefficient (Wildman–Crippen LogP) is 3.43. The maximum absolute atomic E-state index is 12.7. The molecule has 0 atom stereocenters. The third kappa shape index (κ3) is 3.99. The van der Waals surface area contributed by atoms with Crippen LogP contribution in [0.4, 0.5) is 14.9 Å². The minimum Gasteiger partial charge on any atom is -0.337 e. The molecule has 0 unspecified atom stereocenters. The summed E-state index contributed by atoms with van der Waals surface area (Å²) < 4.78 is 14.0. The van der Waals surface area contributed by atoms with Crippen LogP contribution < -0.4 is 9.62 Å². The highest BCUT2D eigenvalue weighted by molar-refractivity contribution is 7.82. The number of benzene rings is 2. The number of rotatable bonds is 4. The van der Waals surface area contributed by atoms with Crippen LogP contribution in [0.15, 0.2) is 54.6 Å². The van der Waals surface area contributed by atoms with Crippen LogP contribution in [0, 0.1) is 5.82 Å². The Labute approximate surface area is 123 Å². The first-order valence-corrected chi connectivity index (χ1v) is 6.63. The van der Waals surface area contributed by atoms with Crippen molar-refractivity contribution in [2.24, 2.45) is 0 Å². The molecule has 2 aromatic rings. The number of carbonyl (C=O) groups excluding carboxylic acids is 1. The van der Waals surface area contributed by atoms with Gasteiger partial charge in [-0.2, -0.15) is 0 Å². The molecule has 5 heteroatoms. The molecule has 104 valence electrons. The van der Waals surface area contributed by atoms with Crippen molar-refractivity contribution in [1.82, 2.24) is 5.32 Å². The van der Waals surface area contributed by atoms with E-state index in [0.717, 1.165) is 5.56 Å². The number of halogens is 1. The average Bonchev–Trinajstić information content (AvgIpc) is 2.49. The van der Waals surface area contributed by atoms with Crippen LogP contribution in [0.25, 0.3) is 0 Å². The van der Waals surface area contributed by atoms with Crippen LogP contribution in [-0.4, -0.2) is 12.6 Å². The zero-order valence-electron chi connectivity index (χ0n) is 10.8. The first-order chi connectivity index (χ1) is 9.66. The highest BCUT2D eigenvalue weighted by Gasteiger charge is 2.10. The molecule has 2 rings (SSSR count). The molecule has 0 aliphatic heterocycles. The molecule has 0 heterocycles. The van der Waals surface area contributed by atoms with Crippen LogP contribution in [-0.2, 0) is 6.42 Å².